The molecule has 4 rings (SSSR count). The molecule has 1 amide bonds. The Labute approximate surface area is 166 Å². The third-order valence-corrected chi connectivity index (χ3v) is 5.34. The van der Waals surface area contributed by atoms with Gasteiger partial charge in [-0.05, 0) is 42.5 Å². The summed E-state index contributed by atoms with van der Waals surface area (Å²) in [6, 6.07) is 12.7. The molecule has 0 spiro atoms. The second kappa shape index (κ2) is 7.10. The van der Waals surface area contributed by atoms with Crippen molar-refractivity contribution in [3.63, 3.8) is 0 Å². The third-order valence-electron chi connectivity index (χ3n) is 4.21. The van der Waals surface area contributed by atoms with Gasteiger partial charge in [-0.25, -0.2) is 8.42 Å². The maximum absolute atomic E-state index is 12.6. The number of anilines is 1. The number of benzene rings is 2. The predicted molar refractivity (Wildman–Crippen MR) is 107 cm³/mol. The largest absolute Gasteiger partial charge is 0.460 e. The summed E-state index contributed by atoms with van der Waals surface area (Å²) >= 11 is 0. The summed E-state index contributed by atoms with van der Waals surface area (Å²) in [6.45, 7) is 0. The van der Waals surface area contributed by atoms with Gasteiger partial charge in [0.15, 0.2) is 27.0 Å². The van der Waals surface area contributed by atoms with Crippen molar-refractivity contribution in [3.05, 3.63) is 66.6 Å². The lowest BCUT2D eigenvalue weighted by molar-refractivity contribution is 0.102. The average molecular weight is 411 g/mol. The van der Waals surface area contributed by atoms with E-state index in [1.54, 1.807) is 54.3 Å². The minimum Gasteiger partial charge on any atom is -0.460 e. The monoisotopic (exact) mass is 411 g/mol. The zero-order valence-electron chi connectivity index (χ0n) is 15.6. The van der Waals surface area contributed by atoms with Gasteiger partial charge in [-0.3, -0.25) is 9.48 Å². The first-order valence-electron chi connectivity index (χ1n) is 8.60. The van der Waals surface area contributed by atoms with Crippen LogP contribution in [-0.2, 0) is 16.9 Å². The first-order valence-corrected chi connectivity index (χ1v) is 10.5. The third kappa shape index (κ3) is 3.99. The molecule has 0 fully saturated rings. The van der Waals surface area contributed by atoms with Gasteiger partial charge >= 0.3 is 0 Å². The maximum atomic E-state index is 12.6. The molecule has 29 heavy (non-hydrogen) atoms. The fraction of sp³-hybridized carbons (Fsp3) is 0.100. The zero-order valence-corrected chi connectivity index (χ0v) is 16.4. The summed E-state index contributed by atoms with van der Waals surface area (Å²) in [6.07, 6.45) is 4.37. The molecule has 2 aromatic heterocycles. The van der Waals surface area contributed by atoms with Gasteiger partial charge in [-0.2, -0.15) is 5.10 Å². The summed E-state index contributed by atoms with van der Waals surface area (Å²) in [5.41, 5.74) is 0.846. The smallest absolute Gasteiger partial charge is 0.257 e. The first kappa shape index (κ1) is 18.8. The van der Waals surface area contributed by atoms with Crippen molar-refractivity contribution in [2.45, 2.75) is 4.90 Å². The highest BCUT2D eigenvalue weighted by Gasteiger charge is 2.15. The highest BCUT2D eigenvalue weighted by atomic mass is 32.2. The molecule has 2 aromatic carbocycles. The van der Waals surface area contributed by atoms with E-state index in [0.29, 0.717) is 33.8 Å². The lowest BCUT2D eigenvalue weighted by Gasteiger charge is -2.09. The lowest BCUT2D eigenvalue weighted by Crippen LogP contribution is -2.12. The molecule has 0 aliphatic carbocycles. The number of carbonyl (C=O) groups excluding carboxylic acids is 1. The van der Waals surface area contributed by atoms with Gasteiger partial charge in [-0.1, -0.05) is 0 Å². The molecule has 0 atom stereocenters. The van der Waals surface area contributed by atoms with Crippen molar-refractivity contribution < 1.29 is 22.4 Å². The zero-order chi connectivity index (χ0) is 20.6. The normalized spacial score (nSPS) is 11.5. The van der Waals surface area contributed by atoms with E-state index < -0.39 is 9.84 Å². The summed E-state index contributed by atoms with van der Waals surface area (Å²) in [7, 11) is -1.54. The number of aryl methyl sites for hydroxylation is 1. The van der Waals surface area contributed by atoms with Gasteiger partial charge in [0.1, 0.15) is 5.75 Å². The minimum absolute atomic E-state index is 0.191. The van der Waals surface area contributed by atoms with Crippen LogP contribution in [0.4, 0.5) is 5.82 Å². The summed E-state index contributed by atoms with van der Waals surface area (Å²) in [5, 5.41) is 7.56. The quantitative estimate of drug-likeness (QED) is 0.538. The molecule has 1 N–H and O–H groups in total. The molecule has 8 nitrogen and oxygen atoms in total. The van der Waals surface area contributed by atoms with E-state index in [-0.39, 0.29) is 10.8 Å². The molecule has 9 heteroatoms. The number of aromatic nitrogens is 2. The number of nitrogens with one attached hydrogen (secondary N) is 1. The molecule has 148 valence electrons. The minimum atomic E-state index is -3.30. The molecule has 0 saturated heterocycles. The molecule has 2 heterocycles. The predicted octanol–water partition coefficient (Wildman–Crippen LogP) is 3.61. The lowest BCUT2D eigenvalue weighted by atomic mass is 10.1. The number of rotatable bonds is 5. The highest BCUT2D eigenvalue weighted by Crippen LogP contribution is 2.33. The Morgan fingerprint density at radius 2 is 1.90 bits per heavy atom. The molecule has 0 unspecified atom stereocenters. The van der Waals surface area contributed by atoms with Gasteiger partial charge in [0, 0.05) is 36.5 Å². The van der Waals surface area contributed by atoms with E-state index in [1.807, 2.05) is 0 Å². The Morgan fingerprint density at radius 3 is 2.55 bits per heavy atom. The van der Waals surface area contributed by atoms with Crippen LogP contribution in [0, 0.1) is 0 Å². The molecule has 0 aliphatic rings. The number of carbonyl (C=O) groups is 1. The van der Waals surface area contributed by atoms with Crippen molar-refractivity contribution in [1.82, 2.24) is 9.78 Å². The Bertz CT molecular complexity index is 1300. The van der Waals surface area contributed by atoms with Crippen molar-refractivity contribution in [1.29, 1.82) is 0 Å². The topological polar surface area (TPSA) is 103 Å². The molecule has 0 saturated carbocycles. The summed E-state index contributed by atoms with van der Waals surface area (Å²) in [4.78, 5) is 12.8. The fourth-order valence-electron chi connectivity index (χ4n) is 2.81. The van der Waals surface area contributed by atoms with Gasteiger partial charge in [0.05, 0.1) is 11.2 Å². The van der Waals surface area contributed by atoms with Crippen molar-refractivity contribution in [2.24, 2.45) is 7.05 Å². The molecule has 0 bridgehead atoms. The van der Waals surface area contributed by atoms with Gasteiger partial charge in [0.25, 0.3) is 5.91 Å². The Morgan fingerprint density at radius 1 is 1.14 bits per heavy atom. The number of ether oxygens (including phenoxy) is 1. The van der Waals surface area contributed by atoms with Crippen LogP contribution in [0.5, 0.6) is 11.5 Å². The van der Waals surface area contributed by atoms with Gasteiger partial charge in [0.2, 0.25) is 0 Å². The van der Waals surface area contributed by atoms with Crippen LogP contribution >= 0.6 is 0 Å². The number of hydrogen-bond acceptors (Lipinski definition) is 6. The van der Waals surface area contributed by atoms with Crippen molar-refractivity contribution in [2.75, 3.05) is 11.6 Å². The number of sulfone groups is 1. The second-order valence-corrected chi connectivity index (χ2v) is 8.50. The van der Waals surface area contributed by atoms with Crippen LogP contribution < -0.4 is 10.1 Å². The van der Waals surface area contributed by atoms with Crippen LogP contribution in [0.25, 0.3) is 11.0 Å². The van der Waals surface area contributed by atoms with Crippen LogP contribution in [0.15, 0.2) is 70.3 Å². The number of nitrogens with zero attached hydrogens (tertiary/aromatic N) is 2. The van der Waals surface area contributed by atoms with Crippen LogP contribution in [-0.4, -0.2) is 30.4 Å². The van der Waals surface area contributed by atoms with E-state index in [0.717, 1.165) is 6.26 Å². The van der Waals surface area contributed by atoms with Gasteiger partial charge in [-0.15, -0.1) is 0 Å². The van der Waals surface area contributed by atoms with E-state index >= 15 is 0 Å². The molecule has 4 aromatic rings. The molecule has 0 aliphatic heterocycles. The highest BCUT2D eigenvalue weighted by molar-refractivity contribution is 7.90. The number of furan rings is 1. The van der Waals surface area contributed by atoms with Gasteiger partial charge < -0.3 is 14.5 Å². The maximum Gasteiger partial charge on any atom is 0.257 e. The number of amides is 1. The van der Waals surface area contributed by atoms with Crippen LogP contribution in [0.2, 0.25) is 0 Å². The average Bonchev–Trinajstić information content (AvgIpc) is 3.30. The number of hydrogen-bond donors (Lipinski definition) is 1. The molecular formula is C20H17N3O5S. The van der Waals surface area contributed by atoms with Crippen molar-refractivity contribution in [3.8, 4) is 11.5 Å². The first-order chi connectivity index (χ1) is 13.8. The summed E-state index contributed by atoms with van der Waals surface area (Å²) in [5.74, 6) is 0.843. The standard InChI is InChI=1S/C20H17N3O5S/c1-23-9-7-18(22-23)21-20(24)14-11-13-8-10-27-19(13)17(12-14)28-15-3-5-16(6-4-15)29(2,25)26/h3-12H,1-2H3,(H,21,22,24). The van der Waals surface area contributed by atoms with E-state index in [9.17, 15) is 13.2 Å². The summed E-state index contributed by atoms with van der Waals surface area (Å²) < 4.78 is 36.2. The van der Waals surface area contributed by atoms with E-state index in [1.165, 1.54) is 18.4 Å². The fourth-order valence-corrected chi connectivity index (χ4v) is 3.44. The van der Waals surface area contributed by atoms with Crippen LogP contribution in [0.1, 0.15) is 10.4 Å². The molecule has 0 radical (unpaired) electrons. The van der Waals surface area contributed by atoms with Crippen LogP contribution in [0.3, 0.4) is 0 Å². The second-order valence-electron chi connectivity index (χ2n) is 6.49. The molecular weight excluding hydrogens is 394 g/mol. The Balaban J connectivity index is 1.65. The van der Waals surface area contributed by atoms with E-state index in [4.69, 9.17) is 9.15 Å². The SMILES string of the molecule is Cn1ccc(NC(=O)c2cc(Oc3ccc(S(C)(=O)=O)cc3)c3occc3c2)n1. The Kier molecular flexibility index (Phi) is 4.59. The Hall–Kier alpha value is -3.59. The number of fused-ring (bicyclic) bond motifs is 1. The van der Waals surface area contributed by atoms with Crippen molar-refractivity contribution >= 4 is 32.5 Å². The van der Waals surface area contributed by atoms with E-state index in [2.05, 4.69) is 10.4 Å².